The average molecular weight is 351 g/mol. The maximum Gasteiger partial charge on any atom is 0.264 e. The molecule has 1 N–H and O–H groups in total. The summed E-state index contributed by atoms with van der Waals surface area (Å²) in [4.78, 5) is 16.4. The van der Waals surface area contributed by atoms with E-state index in [1.165, 1.54) is 42.5 Å². The zero-order valence-corrected chi connectivity index (χ0v) is 13.1. The predicted octanol–water partition coefficient (Wildman–Crippen LogP) is 4.51. The Balaban J connectivity index is 1.88. The van der Waals surface area contributed by atoms with Crippen LogP contribution in [-0.4, -0.2) is 11.1 Å². The van der Waals surface area contributed by atoms with Crippen molar-refractivity contribution >= 4 is 46.2 Å². The molecule has 1 amide bonds. The zero-order valence-electron chi connectivity index (χ0n) is 11.5. The van der Waals surface area contributed by atoms with E-state index in [1.807, 2.05) is 0 Å². The molecule has 0 aromatic heterocycles. The highest BCUT2D eigenvalue weighted by Gasteiger charge is 2.24. The van der Waals surface area contributed by atoms with Crippen molar-refractivity contribution in [3.8, 4) is 0 Å². The second kappa shape index (κ2) is 6.52. The van der Waals surface area contributed by atoms with E-state index in [0.29, 0.717) is 10.9 Å². The number of amidine groups is 1. The fraction of sp³-hybridized carbons (Fsp3) is 0. The van der Waals surface area contributed by atoms with Crippen LogP contribution < -0.4 is 5.32 Å². The van der Waals surface area contributed by atoms with Gasteiger partial charge in [0.15, 0.2) is 5.17 Å². The molecule has 0 aliphatic carbocycles. The predicted molar refractivity (Wildman–Crippen MR) is 88.6 cm³/mol. The van der Waals surface area contributed by atoms with Gasteiger partial charge in [0.1, 0.15) is 11.6 Å². The first kappa shape index (κ1) is 15.7. The third-order valence-corrected chi connectivity index (χ3v) is 4.22. The van der Waals surface area contributed by atoms with Crippen LogP contribution in [0.5, 0.6) is 0 Å². The maximum atomic E-state index is 13.8. The van der Waals surface area contributed by atoms with E-state index in [4.69, 9.17) is 11.6 Å². The summed E-state index contributed by atoms with van der Waals surface area (Å²) >= 11 is 7.01. The number of hydrogen-bond donors (Lipinski definition) is 1. The Morgan fingerprint density at radius 2 is 1.87 bits per heavy atom. The molecule has 7 heteroatoms. The van der Waals surface area contributed by atoms with Crippen molar-refractivity contribution < 1.29 is 13.6 Å². The van der Waals surface area contributed by atoms with Crippen LogP contribution in [0.25, 0.3) is 6.08 Å². The number of aliphatic imine (C=N–C) groups is 1. The number of nitrogens with zero attached hydrogens (tertiary/aromatic N) is 1. The molecule has 1 heterocycles. The van der Waals surface area contributed by atoms with Crippen LogP contribution in [-0.2, 0) is 4.79 Å². The highest BCUT2D eigenvalue weighted by molar-refractivity contribution is 8.18. The molecule has 0 radical (unpaired) electrons. The molecule has 0 spiro atoms. The number of carbonyl (C=O) groups excluding carboxylic acids is 1. The number of benzene rings is 2. The Kier molecular flexibility index (Phi) is 4.45. The lowest BCUT2D eigenvalue weighted by atomic mass is 10.2. The summed E-state index contributed by atoms with van der Waals surface area (Å²) in [6.07, 6.45) is 1.38. The van der Waals surface area contributed by atoms with Crippen LogP contribution in [0.15, 0.2) is 52.4 Å². The van der Waals surface area contributed by atoms with Crippen LogP contribution in [0.2, 0.25) is 5.02 Å². The Hall–Kier alpha value is -2.18. The van der Waals surface area contributed by atoms with Gasteiger partial charge in [0, 0.05) is 5.56 Å². The second-order valence-electron chi connectivity index (χ2n) is 4.59. The molecule has 0 atom stereocenters. The summed E-state index contributed by atoms with van der Waals surface area (Å²) < 4.78 is 26.6. The number of nitrogens with one attached hydrogen (secondary N) is 1. The number of carbonyl (C=O) groups is 1. The van der Waals surface area contributed by atoms with Gasteiger partial charge in [-0.15, -0.1) is 0 Å². The first-order chi connectivity index (χ1) is 11.0. The van der Waals surface area contributed by atoms with E-state index in [9.17, 15) is 13.6 Å². The Bertz CT molecular complexity index is 814. The van der Waals surface area contributed by atoms with Gasteiger partial charge in [0.2, 0.25) is 0 Å². The Labute approximate surface area is 140 Å². The number of halogens is 3. The topological polar surface area (TPSA) is 41.5 Å². The van der Waals surface area contributed by atoms with E-state index in [1.54, 1.807) is 6.07 Å². The van der Waals surface area contributed by atoms with Crippen molar-refractivity contribution in [3.05, 3.63) is 69.6 Å². The number of rotatable bonds is 2. The third-order valence-electron chi connectivity index (χ3n) is 2.98. The molecule has 116 valence electrons. The molecular formula is C16H9ClF2N2OS. The molecule has 1 saturated heterocycles. The first-order valence-electron chi connectivity index (χ1n) is 6.52. The first-order valence-corrected chi connectivity index (χ1v) is 7.71. The summed E-state index contributed by atoms with van der Waals surface area (Å²) in [7, 11) is 0. The minimum absolute atomic E-state index is 0.148. The van der Waals surface area contributed by atoms with Gasteiger partial charge in [-0.2, -0.15) is 0 Å². The number of amides is 1. The van der Waals surface area contributed by atoms with Crippen molar-refractivity contribution in [2.45, 2.75) is 0 Å². The zero-order chi connectivity index (χ0) is 16.4. The van der Waals surface area contributed by atoms with Crippen molar-refractivity contribution in [1.29, 1.82) is 0 Å². The highest BCUT2D eigenvalue weighted by atomic mass is 35.5. The summed E-state index contributed by atoms with van der Waals surface area (Å²) in [5.41, 5.74) is 0.647. The minimum atomic E-state index is -0.512. The van der Waals surface area contributed by atoms with Crippen molar-refractivity contribution in [2.24, 2.45) is 4.99 Å². The van der Waals surface area contributed by atoms with Gasteiger partial charge < -0.3 is 5.32 Å². The van der Waals surface area contributed by atoms with Crippen LogP contribution in [0, 0.1) is 11.6 Å². The fourth-order valence-electron chi connectivity index (χ4n) is 1.89. The van der Waals surface area contributed by atoms with Crippen molar-refractivity contribution in [2.75, 3.05) is 0 Å². The summed E-state index contributed by atoms with van der Waals surface area (Å²) in [6.45, 7) is 0. The van der Waals surface area contributed by atoms with Gasteiger partial charge in [-0.05, 0) is 54.2 Å². The smallest absolute Gasteiger partial charge is 0.264 e. The Morgan fingerprint density at radius 1 is 1.13 bits per heavy atom. The van der Waals surface area contributed by atoms with Crippen LogP contribution >= 0.6 is 23.4 Å². The van der Waals surface area contributed by atoms with Gasteiger partial charge in [-0.3, -0.25) is 4.79 Å². The lowest BCUT2D eigenvalue weighted by molar-refractivity contribution is -0.115. The fourth-order valence-corrected chi connectivity index (χ4v) is 2.93. The number of thioether (sulfide) groups is 1. The molecule has 0 bridgehead atoms. The van der Waals surface area contributed by atoms with Crippen LogP contribution in [0.4, 0.5) is 14.5 Å². The monoisotopic (exact) mass is 350 g/mol. The standard InChI is InChI=1S/C16H9ClF2N2OS/c17-12-2-1-3-13(19)11(12)8-14-15(22)21-16(23-14)20-10-6-4-9(18)5-7-10/h1-8H,(H,20,21,22)/b14-8+. The molecular weight excluding hydrogens is 342 g/mol. The molecule has 2 aromatic rings. The molecule has 1 aliphatic heterocycles. The van der Waals surface area contributed by atoms with Gasteiger partial charge >= 0.3 is 0 Å². The minimum Gasteiger partial charge on any atom is -0.300 e. The third kappa shape index (κ3) is 3.60. The molecule has 2 aromatic carbocycles. The van der Waals surface area contributed by atoms with Crippen LogP contribution in [0.3, 0.4) is 0 Å². The lowest BCUT2D eigenvalue weighted by Gasteiger charge is -2.00. The van der Waals surface area contributed by atoms with E-state index in [-0.39, 0.29) is 21.3 Å². The summed E-state index contributed by atoms with van der Waals surface area (Å²) in [5, 5.41) is 3.12. The second-order valence-corrected chi connectivity index (χ2v) is 6.03. The van der Waals surface area contributed by atoms with E-state index in [2.05, 4.69) is 10.3 Å². The normalized spacial score (nSPS) is 17.8. The molecule has 1 fully saturated rings. The SMILES string of the molecule is O=C1NC(=Nc2ccc(F)cc2)S/C1=C/c1c(F)cccc1Cl. The molecule has 3 rings (SSSR count). The number of hydrogen-bond acceptors (Lipinski definition) is 3. The van der Waals surface area contributed by atoms with E-state index >= 15 is 0 Å². The van der Waals surface area contributed by atoms with Gasteiger partial charge in [0.25, 0.3) is 5.91 Å². The molecule has 23 heavy (non-hydrogen) atoms. The molecule has 0 unspecified atom stereocenters. The maximum absolute atomic E-state index is 13.8. The average Bonchev–Trinajstić information content (AvgIpc) is 2.85. The van der Waals surface area contributed by atoms with E-state index in [0.717, 1.165) is 11.8 Å². The molecule has 0 saturated carbocycles. The van der Waals surface area contributed by atoms with Crippen molar-refractivity contribution in [1.82, 2.24) is 5.32 Å². The van der Waals surface area contributed by atoms with Crippen molar-refractivity contribution in [3.63, 3.8) is 0 Å². The van der Waals surface area contributed by atoms with E-state index < -0.39 is 11.7 Å². The quantitative estimate of drug-likeness (QED) is 0.810. The van der Waals surface area contributed by atoms with Gasteiger partial charge in [-0.25, -0.2) is 13.8 Å². The largest absolute Gasteiger partial charge is 0.300 e. The Morgan fingerprint density at radius 3 is 2.57 bits per heavy atom. The van der Waals surface area contributed by atoms with Crippen LogP contribution in [0.1, 0.15) is 5.56 Å². The summed E-state index contributed by atoms with van der Waals surface area (Å²) in [6, 6.07) is 9.83. The summed E-state index contributed by atoms with van der Waals surface area (Å²) in [5.74, 6) is -1.27. The molecule has 1 aliphatic rings. The van der Waals surface area contributed by atoms with Gasteiger partial charge in [-0.1, -0.05) is 17.7 Å². The lowest BCUT2D eigenvalue weighted by Crippen LogP contribution is -2.19. The molecule has 3 nitrogen and oxygen atoms in total. The van der Waals surface area contributed by atoms with Gasteiger partial charge in [0.05, 0.1) is 15.6 Å². The highest BCUT2D eigenvalue weighted by Crippen LogP contribution is 2.30.